The smallest absolute Gasteiger partial charge is 0.109 e. The monoisotopic (exact) mass is 356 g/mol. The van der Waals surface area contributed by atoms with E-state index in [0.29, 0.717) is 0 Å². The summed E-state index contributed by atoms with van der Waals surface area (Å²) in [4.78, 5) is 0. The van der Waals surface area contributed by atoms with E-state index in [2.05, 4.69) is 51.2 Å². The fourth-order valence-electron chi connectivity index (χ4n) is 1.18. The van der Waals surface area contributed by atoms with Gasteiger partial charge in [-0.3, -0.25) is 12.2 Å². The third kappa shape index (κ3) is 18.6. The van der Waals surface area contributed by atoms with Crippen molar-refractivity contribution in [2.75, 3.05) is 0 Å². The molecule has 0 aromatic rings. The molecule has 2 aliphatic carbocycles. The molecule has 0 N–H and O–H groups in total. The van der Waals surface area contributed by atoms with Crippen LogP contribution in [0.25, 0.3) is 0 Å². The second-order valence-electron chi connectivity index (χ2n) is 4.13. The first-order chi connectivity index (χ1) is 8.13. The Kier molecular flexibility index (Phi) is 17.4. The van der Waals surface area contributed by atoms with Gasteiger partial charge < -0.3 is 13.8 Å². The molecule has 0 aliphatic heterocycles. The van der Waals surface area contributed by atoms with Crippen LogP contribution >= 0.6 is 0 Å². The van der Waals surface area contributed by atoms with Gasteiger partial charge in [-0.25, -0.2) is 24.3 Å². The minimum atomic E-state index is 0. The zero-order chi connectivity index (χ0) is 12.9. The van der Waals surface area contributed by atoms with E-state index in [-0.39, 0.29) is 40.6 Å². The fourth-order valence-corrected chi connectivity index (χ4v) is 9.55. The molecule has 0 aromatic heterocycles. The second-order valence-corrected chi connectivity index (χ2v) is 18.1. The van der Waals surface area contributed by atoms with Crippen molar-refractivity contribution in [2.24, 2.45) is 0 Å². The van der Waals surface area contributed by atoms with E-state index in [1.165, 1.54) is 0 Å². The van der Waals surface area contributed by atoms with E-state index < -0.39 is 0 Å². The van der Waals surface area contributed by atoms with Gasteiger partial charge in [-0.1, -0.05) is 0 Å². The molecule has 0 spiro atoms. The van der Waals surface area contributed by atoms with Crippen LogP contribution in [0.3, 0.4) is 0 Å². The van der Waals surface area contributed by atoms with E-state index in [9.17, 15) is 0 Å². The summed E-state index contributed by atoms with van der Waals surface area (Å²) in [5.74, 6) is 0. The first kappa shape index (κ1) is 20.5. The van der Waals surface area contributed by atoms with Crippen LogP contribution < -0.4 is 12.4 Å². The molecule has 2 aliphatic rings. The van der Waals surface area contributed by atoms with Crippen molar-refractivity contribution in [3.05, 3.63) is 48.6 Å². The average Bonchev–Trinajstić information content (AvgIpc) is 2.96. The third-order valence-electron chi connectivity index (χ3n) is 1.67. The minimum absolute atomic E-state index is 0. The van der Waals surface area contributed by atoms with Crippen molar-refractivity contribution in [2.45, 2.75) is 39.8 Å². The SMILES string of the molecule is C[C](C)=[Zr]=[Si](C)C.[C-]1=CC=CC1.[C-]1=CC=CC1.[Cl-].[H-]. The van der Waals surface area contributed by atoms with Gasteiger partial charge in [0.25, 0.3) is 0 Å². The van der Waals surface area contributed by atoms with Crippen LogP contribution in [0.15, 0.2) is 36.5 Å². The first-order valence-electron chi connectivity index (χ1n) is 5.93. The number of hydrogen-bond donors (Lipinski definition) is 0. The van der Waals surface area contributed by atoms with Crippen LogP contribution in [0.1, 0.15) is 28.1 Å². The Bertz CT molecular complexity index is 327. The van der Waals surface area contributed by atoms with Gasteiger partial charge >= 0.3 is 56.9 Å². The van der Waals surface area contributed by atoms with Gasteiger partial charge in [0.1, 0.15) is 0 Å². The maximum atomic E-state index is 2.99. The molecule has 0 atom stereocenters. The fraction of sp³-hybridized carbons (Fsp3) is 0.400. The molecule has 0 nitrogen and oxygen atoms in total. The number of rotatable bonds is 0. The molecule has 0 aromatic carbocycles. The summed E-state index contributed by atoms with van der Waals surface area (Å²) in [6.45, 7) is 9.40. The molecule has 0 radical (unpaired) electrons. The Balaban J connectivity index is -0.000000194. The molecule has 0 heterocycles. The number of allylic oxidation sites excluding steroid dienone is 8. The normalized spacial score (nSPS) is 12.7. The van der Waals surface area contributed by atoms with Gasteiger partial charge in [0.15, 0.2) is 0 Å². The summed E-state index contributed by atoms with van der Waals surface area (Å²) >= 11 is 0.0574. The maximum Gasteiger partial charge on any atom is -0.109 e. The predicted molar refractivity (Wildman–Crippen MR) is 78.1 cm³/mol. The van der Waals surface area contributed by atoms with E-state index in [1.807, 2.05) is 24.3 Å². The Labute approximate surface area is 131 Å². The molecule has 0 fully saturated rings. The summed E-state index contributed by atoms with van der Waals surface area (Å²) in [6.07, 6.45) is 20.0. The van der Waals surface area contributed by atoms with Crippen molar-refractivity contribution in [1.29, 1.82) is 0 Å². The molecule has 3 heteroatoms. The van der Waals surface area contributed by atoms with Crippen LogP contribution in [0.2, 0.25) is 13.1 Å². The van der Waals surface area contributed by atoms with Gasteiger partial charge in [-0.2, -0.15) is 12.2 Å². The zero-order valence-corrected chi connectivity index (χ0v) is 16.0. The molecule has 18 heavy (non-hydrogen) atoms. The Hall–Kier alpha value is 0.220. The summed E-state index contributed by atoms with van der Waals surface area (Å²) in [5, 5.41) is 0. The molecule has 2 rings (SSSR count). The first-order valence-corrected chi connectivity index (χ1v) is 13.4. The van der Waals surface area contributed by atoms with Crippen molar-refractivity contribution >= 4 is 8.64 Å². The maximum absolute atomic E-state index is 2.99. The molecule has 102 valence electrons. The molecular formula is C15H23ClSiZr-4. The number of hydrogen-bond acceptors (Lipinski definition) is 0. The summed E-state index contributed by atoms with van der Waals surface area (Å²) in [7, 11) is 0. The quantitative estimate of drug-likeness (QED) is 0.452. The van der Waals surface area contributed by atoms with E-state index in [0.717, 1.165) is 12.8 Å². The second kappa shape index (κ2) is 15.3. The average molecular weight is 358 g/mol. The molecule has 0 bridgehead atoms. The van der Waals surface area contributed by atoms with Crippen LogP contribution in [0.5, 0.6) is 0 Å². The largest absolute Gasteiger partial charge is 1.00 e. The van der Waals surface area contributed by atoms with Crippen LogP contribution in [0, 0.1) is 12.2 Å². The summed E-state index contributed by atoms with van der Waals surface area (Å²) in [6, 6.07) is 0. The summed E-state index contributed by atoms with van der Waals surface area (Å²) in [5.41, 5.74) is 0.199. The Morgan fingerprint density at radius 1 is 1.06 bits per heavy atom. The minimum Gasteiger partial charge on any atom is -1.00 e. The standard InChI is InChI=1S/2C5H5.C3H6.C2H6Si.ClH.Zr.H/c2*1-2-4-5-3-1;2*1-3-2;;;/h2*1-3H,4H2;2*1-2H3;1H;;/q2*-1;;;;;-1/p-1. The topological polar surface area (TPSA) is 0 Å². The molecule has 0 saturated carbocycles. The summed E-state index contributed by atoms with van der Waals surface area (Å²) < 4.78 is 1.75. The third-order valence-corrected chi connectivity index (χ3v) is 10.0. The van der Waals surface area contributed by atoms with Crippen LogP contribution in [-0.4, -0.2) is 8.64 Å². The molecular weight excluding hydrogens is 335 g/mol. The van der Waals surface area contributed by atoms with Crippen molar-refractivity contribution in [3.8, 4) is 0 Å². The molecule has 0 amide bonds. The Morgan fingerprint density at radius 3 is 1.56 bits per heavy atom. The van der Waals surface area contributed by atoms with Crippen LogP contribution in [0.4, 0.5) is 0 Å². The van der Waals surface area contributed by atoms with Gasteiger partial charge in [0, 0.05) is 0 Å². The van der Waals surface area contributed by atoms with Gasteiger partial charge in [-0.05, 0) is 0 Å². The van der Waals surface area contributed by atoms with Gasteiger partial charge in [0.05, 0.1) is 0 Å². The van der Waals surface area contributed by atoms with E-state index in [1.54, 1.807) is 3.21 Å². The van der Waals surface area contributed by atoms with Gasteiger partial charge in [-0.15, -0.1) is 12.8 Å². The number of halogens is 1. The van der Waals surface area contributed by atoms with Crippen molar-refractivity contribution in [1.82, 2.24) is 0 Å². The van der Waals surface area contributed by atoms with Crippen LogP contribution in [-0.2, 0) is 21.4 Å². The molecule has 0 unspecified atom stereocenters. The van der Waals surface area contributed by atoms with E-state index in [4.69, 9.17) is 0 Å². The van der Waals surface area contributed by atoms with Gasteiger partial charge in [0.2, 0.25) is 0 Å². The Morgan fingerprint density at radius 2 is 1.50 bits per heavy atom. The van der Waals surface area contributed by atoms with E-state index >= 15 is 0 Å². The zero-order valence-electron chi connectivity index (χ0n) is 12.8. The van der Waals surface area contributed by atoms with Crippen molar-refractivity contribution < 1.29 is 35.2 Å². The predicted octanol–water partition coefficient (Wildman–Crippen LogP) is 1.26. The van der Waals surface area contributed by atoms with Crippen molar-refractivity contribution in [3.63, 3.8) is 0 Å². The molecule has 0 saturated heterocycles.